The molecule has 0 fully saturated rings. The second-order valence-corrected chi connectivity index (χ2v) is 5.02. The summed E-state index contributed by atoms with van der Waals surface area (Å²) in [6.45, 7) is 2.03. The molecular formula is C18H16N2O. The molecular weight excluding hydrogens is 260 g/mol. The summed E-state index contributed by atoms with van der Waals surface area (Å²) < 4.78 is 1.56. The molecule has 3 heteroatoms. The van der Waals surface area contributed by atoms with Crippen LogP contribution in [0.3, 0.4) is 0 Å². The molecule has 0 unspecified atom stereocenters. The third kappa shape index (κ3) is 2.46. The fraction of sp³-hybridized carbons (Fsp3) is 0.0556. The number of para-hydroxylation sites is 1. The maximum atomic E-state index is 12.5. The van der Waals surface area contributed by atoms with Crippen LogP contribution in [0.5, 0.6) is 0 Å². The van der Waals surface area contributed by atoms with Crippen LogP contribution < -0.4 is 11.3 Å². The van der Waals surface area contributed by atoms with Crippen LogP contribution in [0.1, 0.15) is 5.56 Å². The van der Waals surface area contributed by atoms with Gasteiger partial charge in [-0.2, -0.15) is 0 Å². The van der Waals surface area contributed by atoms with Crippen LogP contribution in [0.2, 0.25) is 0 Å². The molecule has 0 aliphatic heterocycles. The Balaban J connectivity index is 2.13. The number of aryl methyl sites for hydroxylation is 1. The van der Waals surface area contributed by atoms with Crippen LogP contribution in [0.25, 0.3) is 16.8 Å². The first-order chi connectivity index (χ1) is 10.2. The monoisotopic (exact) mass is 276 g/mol. The Labute approximate surface area is 123 Å². The van der Waals surface area contributed by atoms with Gasteiger partial charge >= 0.3 is 0 Å². The van der Waals surface area contributed by atoms with Crippen LogP contribution in [-0.4, -0.2) is 4.57 Å². The van der Waals surface area contributed by atoms with Gasteiger partial charge in [0.2, 0.25) is 0 Å². The third-order valence-corrected chi connectivity index (χ3v) is 3.53. The highest BCUT2D eigenvalue weighted by atomic mass is 16.1. The summed E-state index contributed by atoms with van der Waals surface area (Å²) in [4.78, 5) is 12.5. The molecule has 21 heavy (non-hydrogen) atoms. The minimum atomic E-state index is -0.195. The molecule has 2 N–H and O–H groups in total. The molecule has 3 aromatic rings. The first-order valence-electron chi connectivity index (χ1n) is 6.80. The Kier molecular flexibility index (Phi) is 3.32. The summed E-state index contributed by atoms with van der Waals surface area (Å²) in [5, 5.41) is 0. The number of nitrogens with two attached hydrogens (primary N) is 1. The fourth-order valence-corrected chi connectivity index (χ4v) is 2.33. The van der Waals surface area contributed by atoms with Crippen molar-refractivity contribution < 1.29 is 0 Å². The average Bonchev–Trinajstić information content (AvgIpc) is 2.52. The van der Waals surface area contributed by atoms with E-state index in [1.165, 1.54) is 5.56 Å². The lowest BCUT2D eigenvalue weighted by atomic mass is 10.0. The number of hydrogen-bond acceptors (Lipinski definition) is 2. The summed E-state index contributed by atoms with van der Waals surface area (Å²) in [6.07, 6.45) is 1.77. The van der Waals surface area contributed by atoms with Gasteiger partial charge in [0.05, 0.1) is 0 Å². The molecule has 2 aromatic carbocycles. The molecule has 0 spiro atoms. The summed E-state index contributed by atoms with van der Waals surface area (Å²) in [6, 6.07) is 19.3. The summed E-state index contributed by atoms with van der Waals surface area (Å²) in [5.41, 5.74) is 9.84. The van der Waals surface area contributed by atoms with Crippen molar-refractivity contribution in [3.63, 3.8) is 0 Å². The van der Waals surface area contributed by atoms with E-state index < -0.39 is 0 Å². The number of pyridine rings is 1. The van der Waals surface area contributed by atoms with E-state index >= 15 is 0 Å². The highest BCUT2D eigenvalue weighted by molar-refractivity contribution is 5.75. The standard InChI is InChI=1S/C18H16N2O/c1-13-7-9-14(10-8-13)16-11-12-20(18(21)17(16)19)15-5-3-2-4-6-15/h2-12H,19H2,1H3. The van der Waals surface area contributed by atoms with Crippen molar-refractivity contribution >= 4 is 5.69 Å². The van der Waals surface area contributed by atoms with Crippen molar-refractivity contribution in [3.05, 3.63) is 82.8 Å². The molecule has 0 aliphatic rings. The van der Waals surface area contributed by atoms with E-state index in [9.17, 15) is 4.79 Å². The van der Waals surface area contributed by atoms with Gasteiger partial charge in [0.25, 0.3) is 5.56 Å². The van der Waals surface area contributed by atoms with Crippen molar-refractivity contribution in [1.82, 2.24) is 4.57 Å². The normalized spacial score (nSPS) is 10.5. The Hall–Kier alpha value is -2.81. The van der Waals surface area contributed by atoms with Crippen LogP contribution >= 0.6 is 0 Å². The zero-order valence-electron chi connectivity index (χ0n) is 11.8. The third-order valence-electron chi connectivity index (χ3n) is 3.53. The van der Waals surface area contributed by atoms with Crippen molar-refractivity contribution in [3.8, 4) is 16.8 Å². The lowest BCUT2D eigenvalue weighted by molar-refractivity contribution is 0.996. The van der Waals surface area contributed by atoms with Gasteiger partial charge < -0.3 is 5.73 Å². The Bertz CT molecular complexity index is 818. The van der Waals surface area contributed by atoms with Crippen molar-refractivity contribution in [1.29, 1.82) is 0 Å². The van der Waals surface area contributed by atoms with Gasteiger partial charge in [-0.3, -0.25) is 9.36 Å². The van der Waals surface area contributed by atoms with E-state index in [1.54, 1.807) is 10.8 Å². The topological polar surface area (TPSA) is 48.0 Å². The molecule has 1 heterocycles. The van der Waals surface area contributed by atoms with Crippen molar-refractivity contribution in [2.24, 2.45) is 0 Å². The number of nitrogens with zero attached hydrogens (tertiary/aromatic N) is 1. The minimum absolute atomic E-state index is 0.195. The van der Waals surface area contributed by atoms with E-state index in [-0.39, 0.29) is 11.2 Å². The number of rotatable bonds is 2. The van der Waals surface area contributed by atoms with E-state index in [4.69, 9.17) is 5.73 Å². The quantitative estimate of drug-likeness (QED) is 0.780. The smallest absolute Gasteiger partial charge is 0.278 e. The molecule has 0 amide bonds. The number of hydrogen-bond donors (Lipinski definition) is 1. The van der Waals surface area contributed by atoms with Gasteiger partial charge in [0, 0.05) is 17.4 Å². The first kappa shape index (κ1) is 13.2. The highest BCUT2D eigenvalue weighted by Gasteiger charge is 2.09. The van der Waals surface area contributed by atoms with Gasteiger partial charge in [0.1, 0.15) is 5.69 Å². The number of aromatic nitrogens is 1. The second-order valence-electron chi connectivity index (χ2n) is 5.02. The molecule has 3 nitrogen and oxygen atoms in total. The van der Waals surface area contributed by atoms with Crippen LogP contribution in [0.4, 0.5) is 5.69 Å². The highest BCUT2D eigenvalue weighted by Crippen LogP contribution is 2.23. The van der Waals surface area contributed by atoms with Crippen molar-refractivity contribution in [2.45, 2.75) is 6.92 Å². The van der Waals surface area contributed by atoms with E-state index in [2.05, 4.69) is 0 Å². The summed E-state index contributed by atoms with van der Waals surface area (Å²) >= 11 is 0. The van der Waals surface area contributed by atoms with Gasteiger partial charge in [-0.05, 0) is 30.7 Å². The molecule has 0 saturated heterocycles. The van der Waals surface area contributed by atoms with Gasteiger partial charge in [-0.25, -0.2) is 0 Å². The van der Waals surface area contributed by atoms with E-state index in [0.717, 1.165) is 16.8 Å². The molecule has 104 valence electrons. The number of benzene rings is 2. The van der Waals surface area contributed by atoms with Gasteiger partial charge in [-0.15, -0.1) is 0 Å². The zero-order valence-corrected chi connectivity index (χ0v) is 11.8. The van der Waals surface area contributed by atoms with Gasteiger partial charge in [0.15, 0.2) is 0 Å². The maximum Gasteiger partial charge on any atom is 0.278 e. The summed E-state index contributed by atoms with van der Waals surface area (Å²) in [5.74, 6) is 0. The predicted octanol–water partition coefficient (Wildman–Crippen LogP) is 3.40. The molecule has 0 saturated carbocycles. The summed E-state index contributed by atoms with van der Waals surface area (Å²) in [7, 11) is 0. The Morgan fingerprint density at radius 3 is 2.24 bits per heavy atom. The SMILES string of the molecule is Cc1ccc(-c2ccn(-c3ccccc3)c(=O)c2N)cc1. The fourth-order valence-electron chi connectivity index (χ4n) is 2.33. The molecule has 0 bridgehead atoms. The minimum Gasteiger partial charge on any atom is -0.394 e. The average molecular weight is 276 g/mol. The van der Waals surface area contributed by atoms with Crippen LogP contribution in [0.15, 0.2) is 71.7 Å². The van der Waals surface area contributed by atoms with Crippen molar-refractivity contribution in [2.75, 3.05) is 5.73 Å². The van der Waals surface area contributed by atoms with Crippen LogP contribution in [0, 0.1) is 6.92 Å². The molecule has 0 aliphatic carbocycles. The molecule has 1 aromatic heterocycles. The Morgan fingerprint density at radius 2 is 1.57 bits per heavy atom. The number of anilines is 1. The molecule has 0 radical (unpaired) electrons. The van der Waals surface area contributed by atoms with E-state index in [1.807, 2.05) is 67.6 Å². The lowest BCUT2D eigenvalue weighted by Crippen LogP contribution is -2.21. The molecule has 3 rings (SSSR count). The molecule has 0 atom stereocenters. The maximum absolute atomic E-state index is 12.5. The lowest BCUT2D eigenvalue weighted by Gasteiger charge is -2.10. The van der Waals surface area contributed by atoms with Crippen LogP contribution in [-0.2, 0) is 0 Å². The predicted molar refractivity (Wildman–Crippen MR) is 86.6 cm³/mol. The van der Waals surface area contributed by atoms with Gasteiger partial charge in [-0.1, -0.05) is 48.0 Å². The van der Waals surface area contributed by atoms with E-state index in [0.29, 0.717) is 0 Å². The number of nitrogen functional groups attached to an aromatic ring is 1. The Morgan fingerprint density at radius 1 is 0.905 bits per heavy atom. The first-order valence-corrected chi connectivity index (χ1v) is 6.80. The second kappa shape index (κ2) is 5.29. The largest absolute Gasteiger partial charge is 0.394 e. The zero-order chi connectivity index (χ0) is 14.8.